The van der Waals surface area contributed by atoms with E-state index in [4.69, 9.17) is 5.73 Å². The fourth-order valence-corrected chi connectivity index (χ4v) is 2.92. The first-order valence-corrected chi connectivity index (χ1v) is 4.78. The predicted octanol–water partition coefficient (Wildman–Crippen LogP) is -0.328. The topological polar surface area (TPSA) is 83.5 Å². The standard InChI is InChI=1S/C10H19NO3/c1-8(2)7(13)9(3,4)10(8,14)6(12)5-11/h7,13-14H,5,11H2,1-4H3. The van der Waals surface area contributed by atoms with Gasteiger partial charge in [-0.05, 0) is 0 Å². The van der Waals surface area contributed by atoms with Crippen molar-refractivity contribution in [1.82, 2.24) is 0 Å². The molecule has 0 atom stereocenters. The Morgan fingerprint density at radius 1 is 1.29 bits per heavy atom. The van der Waals surface area contributed by atoms with Crippen molar-refractivity contribution in [2.75, 3.05) is 6.54 Å². The molecule has 0 radical (unpaired) electrons. The largest absolute Gasteiger partial charge is 0.392 e. The van der Waals surface area contributed by atoms with Crippen molar-refractivity contribution in [3.05, 3.63) is 0 Å². The summed E-state index contributed by atoms with van der Waals surface area (Å²) in [6, 6.07) is 0. The Labute approximate surface area is 84.1 Å². The highest BCUT2D eigenvalue weighted by Crippen LogP contribution is 2.61. The molecule has 1 saturated carbocycles. The minimum absolute atomic E-state index is 0.198. The molecule has 0 aliphatic heterocycles. The van der Waals surface area contributed by atoms with Crippen LogP contribution in [0.3, 0.4) is 0 Å². The maximum atomic E-state index is 11.6. The van der Waals surface area contributed by atoms with Crippen molar-refractivity contribution in [2.24, 2.45) is 16.6 Å². The predicted molar refractivity (Wildman–Crippen MR) is 52.6 cm³/mol. The van der Waals surface area contributed by atoms with E-state index >= 15 is 0 Å². The maximum Gasteiger partial charge on any atom is 0.179 e. The molecule has 0 unspecified atom stereocenters. The molecule has 0 spiro atoms. The van der Waals surface area contributed by atoms with Crippen molar-refractivity contribution in [3.63, 3.8) is 0 Å². The Kier molecular flexibility index (Phi) is 2.31. The molecule has 0 heterocycles. The van der Waals surface area contributed by atoms with E-state index in [1.807, 2.05) is 0 Å². The van der Waals surface area contributed by atoms with Crippen LogP contribution in [0, 0.1) is 10.8 Å². The third-order valence-electron chi connectivity index (χ3n) is 3.82. The highest BCUT2D eigenvalue weighted by atomic mass is 16.3. The molecule has 4 nitrogen and oxygen atoms in total. The van der Waals surface area contributed by atoms with Crippen LogP contribution in [0.5, 0.6) is 0 Å². The first-order chi connectivity index (χ1) is 6.14. The van der Waals surface area contributed by atoms with Gasteiger partial charge in [0, 0.05) is 10.8 Å². The number of aliphatic hydroxyl groups is 2. The Morgan fingerprint density at radius 2 is 1.64 bits per heavy atom. The van der Waals surface area contributed by atoms with Gasteiger partial charge < -0.3 is 15.9 Å². The van der Waals surface area contributed by atoms with Gasteiger partial charge in [-0.15, -0.1) is 0 Å². The number of nitrogens with two attached hydrogens (primary N) is 1. The molecule has 0 aromatic rings. The number of hydrogen-bond acceptors (Lipinski definition) is 4. The van der Waals surface area contributed by atoms with E-state index < -0.39 is 28.3 Å². The van der Waals surface area contributed by atoms with Gasteiger partial charge in [-0.25, -0.2) is 0 Å². The molecular weight excluding hydrogens is 182 g/mol. The average molecular weight is 201 g/mol. The summed E-state index contributed by atoms with van der Waals surface area (Å²) in [4.78, 5) is 11.6. The summed E-state index contributed by atoms with van der Waals surface area (Å²) >= 11 is 0. The monoisotopic (exact) mass is 201 g/mol. The summed E-state index contributed by atoms with van der Waals surface area (Å²) < 4.78 is 0. The van der Waals surface area contributed by atoms with E-state index in [2.05, 4.69) is 0 Å². The van der Waals surface area contributed by atoms with Crippen LogP contribution in [-0.4, -0.2) is 34.2 Å². The van der Waals surface area contributed by atoms with Crippen LogP contribution in [0.4, 0.5) is 0 Å². The van der Waals surface area contributed by atoms with Crippen molar-refractivity contribution in [3.8, 4) is 0 Å². The minimum atomic E-state index is -1.52. The highest BCUT2D eigenvalue weighted by Gasteiger charge is 2.74. The summed E-state index contributed by atoms with van der Waals surface area (Å²) in [6.07, 6.45) is -0.699. The molecular formula is C10H19NO3. The molecule has 4 N–H and O–H groups in total. The van der Waals surface area contributed by atoms with Gasteiger partial charge >= 0.3 is 0 Å². The SMILES string of the molecule is CC1(C)C(O)C(C)(C)C1(O)C(=O)CN. The van der Waals surface area contributed by atoms with E-state index in [1.165, 1.54) is 0 Å². The number of carbonyl (C=O) groups excluding carboxylic acids is 1. The molecule has 1 aliphatic carbocycles. The van der Waals surface area contributed by atoms with Crippen LogP contribution >= 0.6 is 0 Å². The zero-order valence-electron chi connectivity index (χ0n) is 9.16. The Morgan fingerprint density at radius 3 is 1.93 bits per heavy atom. The average Bonchev–Trinajstić information content (AvgIpc) is 2.12. The third kappa shape index (κ3) is 0.912. The smallest absolute Gasteiger partial charge is 0.179 e. The lowest BCUT2D eigenvalue weighted by Gasteiger charge is -2.66. The second-order valence-corrected chi connectivity index (χ2v) is 5.18. The van der Waals surface area contributed by atoms with E-state index in [-0.39, 0.29) is 6.54 Å². The lowest BCUT2D eigenvalue weighted by Crippen LogP contribution is -2.80. The van der Waals surface area contributed by atoms with Gasteiger partial charge in [0.25, 0.3) is 0 Å². The van der Waals surface area contributed by atoms with E-state index in [1.54, 1.807) is 27.7 Å². The van der Waals surface area contributed by atoms with Gasteiger partial charge in [0.05, 0.1) is 12.6 Å². The highest BCUT2D eigenvalue weighted by molar-refractivity contribution is 5.92. The molecule has 82 valence electrons. The molecule has 4 heteroatoms. The molecule has 1 fully saturated rings. The second-order valence-electron chi connectivity index (χ2n) is 5.18. The fourth-order valence-electron chi connectivity index (χ4n) is 2.92. The summed E-state index contributed by atoms with van der Waals surface area (Å²) in [5.74, 6) is -0.405. The lowest BCUT2D eigenvalue weighted by molar-refractivity contribution is -0.300. The normalized spacial score (nSPS) is 38.9. The summed E-state index contributed by atoms with van der Waals surface area (Å²) in [6.45, 7) is 6.51. The van der Waals surface area contributed by atoms with Crippen molar-refractivity contribution in [2.45, 2.75) is 39.4 Å². The lowest BCUT2D eigenvalue weighted by atomic mass is 9.41. The number of aliphatic hydroxyl groups excluding tert-OH is 1. The van der Waals surface area contributed by atoms with E-state index in [9.17, 15) is 15.0 Å². The van der Waals surface area contributed by atoms with Gasteiger partial charge in [-0.3, -0.25) is 4.79 Å². The first-order valence-electron chi connectivity index (χ1n) is 4.78. The van der Waals surface area contributed by atoms with E-state index in [0.717, 1.165) is 0 Å². The summed E-state index contributed by atoms with van der Waals surface area (Å²) in [5.41, 5.74) is 2.09. The van der Waals surface area contributed by atoms with E-state index in [0.29, 0.717) is 0 Å². The van der Waals surface area contributed by atoms with Gasteiger partial charge in [-0.2, -0.15) is 0 Å². The minimum Gasteiger partial charge on any atom is -0.392 e. The van der Waals surface area contributed by atoms with Crippen LogP contribution in [0.2, 0.25) is 0 Å². The summed E-state index contributed by atoms with van der Waals surface area (Å²) in [7, 11) is 0. The van der Waals surface area contributed by atoms with Gasteiger partial charge in [0.1, 0.15) is 5.60 Å². The van der Waals surface area contributed by atoms with Crippen molar-refractivity contribution in [1.29, 1.82) is 0 Å². The molecule has 0 amide bonds. The Balaban J connectivity index is 3.15. The molecule has 1 aliphatic rings. The quantitative estimate of drug-likeness (QED) is 0.571. The summed E-state index contributed by atoms with van der Waals surface area (Å²) in [5, 5.41) is 20.1. The molecule has 14 heavy (non-hydrogen) atoms. The number of Topliss-reactive ketones (excluding diaryl/α,β-unsaturated/α-hetero) is 1. The Bertz CT molecular complexity index is 255. The Hall–Kier alpha value is -0.450. The first kappa shape index (κ1) is 11.6. The molecule has 1 rings (SSSR count). The molecule has 0 bridgehead atoms. The number of carbonyl (C=O) groups is 1. The van der Waals surface area contributed by atoms with Gasteiger partial charge in [-0.1, -0.05) is 27.7 Å². The number of rotatable bonds is 2. The molecule has 0 saturated heterocycles. The van der Waals surface area contributed by atoms with Crippen LogP contribution in [0.15, 0.2) is 0 Å². The molecule has 0 aromatic carbocycles. The maximum absolute atomic E-state index is 11.6. The molecule has 0 aromatic heterocycles. The van der Waals surface area contributed by atoms with Crippen molar-refractivity contribution >= 4 is 5.78 Å². The fraction of sp³-hybridized carbons (Fsp3) is 0.900. The zero-order valence-corrected chi connectivity index (χ0v) is 9.16. The second kappa shape index (κ2) is 2.78. The third-order valence-corrected chi connectivity index (χ3v) is 3.82. The van der Waals surface area contributed by atoms with Gasteiger partial charge in [0.2, 0.25) is 0 Å². The number of hydrogen-bond donors (Lipinski definition) is 3. The van der Waals surface area contributed by atoms with Crippen LogP contribution in [0.1, 0.15) is 27.7 Å². The van der Waals surface area contributed by atoms with Gasteiger partial charge in [0.15, 0.2) is 5.78 Å². The van der Waals surface area contributed by atoms with Crippen LogP contribution in [-0.2, 0) is 4.79 Å². The van der Waals surface area contributed by atoms with Crippen LogP contribution in [0.25, 0.3) is 0 Å². The van der Waals surface area contributed by atoms with Crippen LogP contribution < -0.4 is 5.73 Å². The van der Waals surface area contributed by atoms with Crippen molar-refractivity contribution < 1.29 is 15.0 Å². The number of ketones is 1. The zero-order chi connectivity index (χ0) is 11.4.